The van der Waals surface area contributed by atoms with E-state index in [1.165, 1.54) is 12.1 Å². The molecule has 0 aromatic heterocycles. The summed E-state index contributed by atoms with van der Waals surface area (Å²) < 4.78 is 5.04. The third-order valence-electron chi connectivity index (χ3n) is 2.68. The molecule has 2 aromatic carbocycles. The normalized spacial score (nSPS) is 9.75. The summed E-state index contributed by atoms with van der Waals surface area (Å²) in [7, 11) is 0. The van der Waals surface area contributed by atoms with Crippen molar-refractivity contribution in [3.63, 3.8) is 0 Å². The van der Waals surface area contributed by atoms with Crippen molar-refractivity contribution in [2.45, 2.75) is 6.61 Å². The molecule has 0 spiro atoms. The number of hydrogen-bond acceptors (Lipinski definition) is 4. The molecule has 0 aliphatic carbocycles. The van der Waals surface area contributed by atoms with Crippen LogP contribution in [-0.4, -0.2) is 16.2 Å². The molecular weight excluding hydrogens is 256 g/mol. The third-order valence-corrected chi connectivity index (χ3v) is 2.68. The summed E-state index contributed by atoms with van der Waals surface area (Å²) in [5.41, 5.74) is 0.791. The highest BCUT2D eigenvalue weighted by atomic mass is 16.5. The van der Waals surface area contributed by atoms with Gasteiger partial charge in [-0.25, -0.2) is 4.79 Å². The number of ether oxygens (including phenoxy) is 1. The van der Waals surface area contributed by atoms with E-state index in [4.69, 9.17) is 11.2 Å². The first-order valence-corrected chi connectivity index (χ1v) is 5.85. The minimum Gasteiger partial charge on any atom is -0.507 e. The van der Waals surface area contributed by atoms with Crippen LogP contribution >= 0.6 is 0 Å². The lowest BCUT2D eigenvalue weighted by molar-refractivity contribution is 0.0466. The Balaban J connectivity index is 2.16. The fourth-order valence-electron chi connectivity index (χ4n) is 1.70. The number of terminal acetylenes is 1. The molecule has 2 N–H and O–H groups in total. The van der Waals surface area contributed by atoms with Gasteiger partial charge in [0.05, 0.1) is 0 Å². The van der Waals surface area contributed by atoms with Gasteiger partial charge >= 0.3 is 5.97 Å². The van der Waals surface area contributed by atoms with Gasteiger partial charge in [-0.15, -0.1) is 6.42 Å². The molecule has 0 saturated heterocycles. The minimum absolute atomic E-state index is 0.0510. The van der Waals surface area contributed by atoms with Gasteiger partial charge in [0.2, 0.25) is 0 Å². The zero-order valence-electron chi connectivity index (χ0n) is 10.5. The van der Waals surface area contributed by atoms with Gasteiger partial charge < -0.3 is 14.9 Å². The molecule has 0 saturated carbocycles. The summed E-state index contributed by atoms with van der Waals surface area (Å²) in [5.74, 6) is 0.635. The number of benzene rings is 2. The summed E-state index contributed by atoms with van der Waals surface area (Å²) in [5, 5.41) is 19.4. The molecule has 2 aromatic rings. The van der Waals surface area contributed by atoms with Gasteiger partial charge in [-0.1, -0.05) is 36.3 Å². The van der Waals surface area contributed by atoms with E-state index in [1.54, 1.807) is 12.1 Å². The maximum absolute atomic E-state index is 11.9. The lowest BCUT2D eigenvalue weighted by Gasteiger charge is -2.08. The summed E-state index contributed by atoms with van der Waals surface area (Å²) >= 11 is 0. The van der Waals surface area contributed by atoms with Crippen LogP contribution in [0.2, 0.25) is 0 Å². The number of phenols is 2. The first-order chi connectivity index (χ1) is 9.61. The van der Waals surface area contributed by atoms with Crippen LogP contribution in [0.4, 0.5) is 0 Å². The second kappa shape index (κ2) is 5.81. The summed E-state index contributed by atoms with van der Waals surface area (Å²) in [4.78, 5) is 11.9. The van der Waals surface area contributed by atoms with E-state index in [1.807, 2.05) is 18.2 Å². The van der Waals surface area contributed by atoms with Gasteiger partial charge in [0.1, 0.15) is 23.7 Å². The van der Waals surface area contributed by atoms with Crippen molar-refractivity contribution in [2.75, 3.05) is 0 Å². The van der Waals surface area contributed by atoms with Gasteiger partial charge in [0, 0.05) is 5.56 Å². The molecule has 4 heteroatoms. The van der Waals surface area contributed by atoms with Crippen LogP contribution in [0, 0.1) is 12.3 Å². The second-order valence-electron chi connectivity index (χ2n) is 4.10. The molecule has 0 fully saturated rings. The van der Waals surface area contributed by atoms with E-state index in [0.717, 1.165) is 5.56 Å². The highest BCUT2D eigenvalue weighted by Crippen LogP contribution is 2.29. The van der Waals surface area contributed by atoms with Crippen LogP contribution < -0.4 is 0 Å². The van der Waals surface area contributed by atoms with Gasteiger partial charge in [-0.3, -0.25) is 0 Å². The molecular formula is C16H12O4. The molecule has 4 nitrogen and oxygen atoms in total. The zero-order valence-corrected chi connectivity index (χ0v) is 10.5. The first-order valence-electron chi connectivity index (χ1n) is 5.85. The van der Waals surface area contributed by atoms with Gasteiger partial charge in [0.15, 0.2) is 0 Å². The molecule has 0 aliphatic heterocycles. The third kappa shape index (κ3) is 2.90. The fourth-order valence-corrected chi connectivity index (χ4v) is 1.70. The van der Waals surface area contributed by atoms with Crippen molar-refractivity contribution >= 4 is 5.97 Å². The molecule has 0 unspecified atom stereocenters. The zero-order chi connectivity index (χ0) is 14.5. The topological polar surface area (TPSA) is 66.8 Å². The maximum Gasteiger partial charge on any atom is 0.346 e. The Bertz CT molecular complexity index is 646. The molecule has 0 aliphatic rings. The number of carbonyl (C=O) groups is 1. The highest BCUT2D eigenvalue weighted by Gasteiger charge is 2.19. The minimum atomic E-state index is -0.813. The van der Waals surface area contributed by atoms with Crippen molar-refractivity contribution in [1.82, 2.24) is 0 Å². The molecule has 0 amide bonds. The average molecular weight is 268 g/mol. The average Bonchev–Trinajstić information content (AvgIpc) is 2.45. The van der Waals surface area contributed by atoms with Gasteiger partial charge in [-0.2, -0.15) is 0 Å². The molecule has 0 heterocycles. The van der Waals surface area contributed by atoms with Crippen molar-refractivity contribution < 1.29 is 19.7 Å². The van der Waals surface area contributed by atoms with E-state index in [2.05, 4.69) is 5.92 Å². The van der Waals surface area contributed by atoms with Crippen LogP contribution in [0.25, 0.3) is 0 Å². The van der Waals surface area contributed by atoms with Crippen molar-refractivity contribution in [3.8, 4) is 23.8 Å². The Morgan fingerprint density at radius 3 is 2.30 bits per heavy atom. The van der Waals surface area contributed by atoms with Crippen LogP contribution in [-0.2, 0) is 11.3 Å². The largest absolute Gasteiger partial charge is 0.507 e. The smallest absolute Gasteiger partial charge is 0.346 e. The van der Waals surface area contributed by atoms with Crippen molar-refractivity contribution in [2.24, 2.45) is 0 Å². The number of esters is 1. The number of carbonyl (C=O) groups excluding carboxylic acids is 1. The number of rotatable bonds is 3. The summed E-state index contributed by atoms with van der Waals surface area (Å²) in [6.45, 7) is 0.0510. The molecule has 0 atom stereocenters. The summed E-state index contributed by atoms with van der Waals surface area (Å²) in [6.07, 6.45) is 5.16. The summed E-state index contributed by atoms with van der Waals surface area (Å²) in [6, 6.07) is 11.5. The quantitative estimate of drug-likeness (QED) is 0.662. The van der Waals surface area contributed by atoms with E-state index < -0.39 is 17.5 Å². The molecule has 20 heavy (non-hydrogen) atoms. The van der Waals surface area contributed by atoms with E-state index in [-0.39, 0.29) is 17.7 Å². The van der Waals surface area contributed by atoms with Crippen molar-refractivity contribution in [3.05, 3.63) is 59.2 Å². The Morgan fingerprint density at radius 2 is 1.75 bits per heavy atom. The lowest BCUT2D eigenvalue weighted by atomic mass is 10.1. The first kappa shape index (κ1) is 13.5. The van der Waals surface area contributed by atoms with Crippen molar-refractivity contribution in [1.29, 1.82) is 0 Å². The van der Waals surface area contributed by atoms with Crippen LogP contribution in [0.5, 0.6) is 11.5 Å². The number of aromatic hydroxyl groups is 2. The fraction of sp³-hybridized carbons (Fsp3) is 0.0625. The van der Waals surface area contributed by atoms with Crippen LogP contribution in [0.15, 0.2) is 42.5 Å². The highest BCUT2D eigenvalue weighted by molar-refractivity contribution is 5.95. The monoisotopic (exact) mass is 268 g/mol. The SMILES string of the molecule is C#Cc1cc(O)c(C(=O)OCc2ccccc2)c(O)c1. The Labute approximate surface area is 116 Å². The Kier molecular flexibility index (Phi) is 3.92. The van der Waals surface area contributed by atoms with E-state index in [0.29, 0.717) is 0 Å². The number of phenolic OH excluding ortho intramolecular Hbond substituents is 2. The Morgan fingerprint density at radius 1 is 1.15 bits per heavy atom. The van der Waals surface area contributed by atoms with Gasteiger partial charge in [-0.05, 0) is 17.7 Å². The van der Waals surface area contributed by atoms with Gasteiger partial charge in [0.25, 0.3) is 0 Å². The maximum atomic E-state index is 11.9. The Hall–Kier alpha value is -2.93. The standard InChI is InChI=1S/C16H12O4/c1-2-11-8-13(17)15(14(18)9-11)16(19)20-10-12-6-4-3-5-7-12/h1,3-9,17-18H,10H2. The van der Waals surface area contributed by atoms with E-state index in [9.17, 15) is 15.0 Å². The lowest BCUT2D eigenvalue weighted by Crippen LogP contribution is -2.06. The number of hydrogen-bond donors (Lipinski definition) is 2. The van der Waals surface area contributed by atoms with Crippen LogP contribution in [0.3, 0.4) is 0 Å². The predicted molar refractivity (Wildman–Crippen MR) is 73.3 cm³/mol. The molecule has 0 radical (unpaired) electrons. The second-order valence-corrected chi connectivity index (χ2v) is 4.10. The molecule has 2 rings (SSSR count). The van der Waals surface area contributed by atoms with Crippen LogP contribution in [0.1, 0.15) is 21.5 Å². The molecule has 100 valence electrons. The molecule has 0 bridgehead atoms. The predicted octanol–water partition coefficient (Wildman–Crippen LogP) is 2.44. The van der Waals surface area contributed by atoms with E-state index >= 15 is 0 Å².